The number of aliphatic hydroxyl groups is 1. The largest absolute Gasteiger partial charge is 0.485 e. The van der Waals surface area contributed by atoms with Crippen molar-refractivity contribution >= 4 is 27.7 Å². The third-order valence-corrected chi connectivity index (χ3v) is 4.59. The van der Waals surface area contributed by atoms with Crippen LogP contribution >= 0.6 is 27.7 Å². The van der Waals surface area contributed by atoms with Crippen LogP contribution in [0.5, 0.6) is 5.75 Å². The number of benzene rings is 1. The Balaban J connectivity index is 1.82. The van der Waals surface area contributed by atoms with Crippen molar-refractivity contribution in [2.75, 3.05) is 5.75 Å². The molecule has 1 N–H and O–H groups in total. The lowest BCUT2D eigenvalue weighted by molar-refractivity contribution is 0.0306. The zero-order chi connectivity index (χ0) is 12.5. The molecule has 0 amide bonds. The second kappa shape index (κ2) is 4.99. The van der Waals surface area contributed by atoms with Crippen LogP contribution in [0.15, 0.2) is 50.4 Å². The highest BCUT2D eigenvalue weighted by molar-refractivity contribution is 9.10. The summed E-state index contributed by atoms with van der Waals surface area (Å²) in [5.74, 6) is 2.03. The molecule has 2 unspecified atom stereocenters. The van der Waals surface area contributed by atoms with Gasteiger partial charge in [-0.2, -0.15) is 0 Å². The number of furan rings is 1. The Morgan fingerprint density at radius 3 is 2.94 bits per heavy atom. The average molecular weight is 327 g/mol. The van der Waals surface area contributed by atoms with Crippen LogP contribution in [-0.2, 0) is 0 Å². The first-order valence-electron chi connectivity index (χ1n) is 5.55. The van der Waals surface area contributed by atoms with Gasteiger partial charge < -0.3 is 14.3 Å². The van der Waals surface area contributed by atoms with Gasteiger partial charge in [0.15, 0.2) is 6.10 Å². The lowest BCUT2D eigenvalue weighted by Gasteiger charge is -2.28. The molecular formula is C13H11BrO3S. The Labute approximate surface area is 117 Å². The number of hydrogen-bond acceptors (Lipinski definition) is 4. The van der Waals surface area contributed by atoms with Gasteiger partial charge in [-0.15, -0.1) is 11.8 Å². The summed E-state index contributed by atoms with van der Waals surface area (Å²) in [4.78, 5) is 1.11. The van der Waals surface area contributed by atoms with Crippen LogP contribution in [-0.4, -0.2) is 17.0 Å². The molecule has 2 atom stereocenters. The molecule has 1 aliphatic heterocycles. The van der Waals surface area contributed by atoms with Gasteiger partial charge in [-0.25, -0.2) is 0 Å². The summed E-state index contributed by atoms with van der Waals surface area (Å²) in [6, 6.07) is 9.61. The minimum absolute atomic E-state index is 0.299. The van der Waals surface area contributed by atoms with E-state index in [1.165, 1.54) is 0 Å². The van der Waals surface area contributed by atoms with Gasteiger partial charge in [-0.05, 0) is 34.1 Å². The van der Waals surface area contributed by atoms with Gasteiger partial charge in [0, 0.05) is 10.6 Å². The van der Waals surface area contributed by atoms with Crippen molar-refractivity contribution in [1.82, 2.24) is 0 Å². The van der Waals surface area contributed by atoms with E-state index in [2.05, 4.69) is 15.9 Å². The van der Waals surface area contributed by atoms with Crippen LogP contribution in [0, 0.1) is 0 Å². The van der Waals surface area contributed by atoms with E-state index in [1.54, 1.807) is 24.1 Å². The van der Waals surface area contributed by atoms with Crippen LogP contribution in [0.2, 0.25) is 0 Å². The molecule has 0 aliphatic carbocycles. The summed E-state index contributed by atoms with van der Waals surface area (Å²) in [5.41, 5.74) is 0. The smallest absolute Gasteiger partial charge is 0.150 e. The van der Waals surface area contributed by atoms with E-state index in [1.807, 2.05) is 24.3 Å². The topological polar surface area (TPSA) is 42.6 Å². The minimum Gasteiger partial charge on any atom is -0.485 e. The zero-order valence-corrected chi connectivity index (χ0v) is 11.8. The maximum absolute atomic E-state index is 10.3. The van der Waals surface area contributed by atoms with Crippen molar-refractivity contribution in [2.45, 2.75) is 17.1 Å². The SMILES string of the molecule is OC(c1occc1Br)C1CSc2ccccc2O1. The van der Waals surface area contributed by atoms with E-state index in [0.717, 1.165) is 15.1 Å². The Bertz CT molecular complexity index is 555. The Hall–Kier alpha value is -0.910. The molecule has 2 heterocycles. The lowest BCUT2D eigenvalue weighted by Crippen LogP contribution is -2.30. The zero-order valence-electron chi connectivity index (χ0n) is 9.38. The fourth-order valence-corrected chi connectivity index (χ4v) is 3.34. The Kier molecular flexibility index (Phi) is 3.37. The first kappa shape index (κ1) is 12.1. The number of halogens is 1. The van der Waals surface area contributed by atoms with Crippen LogP contribution in [0.4, 0.5) is 0 Å². The molecule has 1 aromatic heterocycles. The molecule has 0 bridgehead atoms. The number of ether oxygens (including phenoxy) is 1. The van der Waals surface area contributed by atoms with Crippen molar-refractivity contribution < 1.29 is 14.3 Å². The molecule has 0 saturated heterocycles. The summed E-state index contributed by atoms with van der Waals surface area (Å²) in [6.45, 7) is 0. The highest BCUT2D eigenvalue weighted by Crippen LogP contribution is 2.39. The molecule has 0 saturated carbocycles. The van der Waals surface area contributed by atoms with E-state index in [0.29, 0.717) is 11.5 Å². The lowest BCUT2D eigenvalue weighted by atomic mass is 10.1. The minimum atomic E-state index is -0.768. The second-order valence-electron chi connectivity index (χ2n) is 3.99. The number of fused-ring (bicyclic) bond motifs is 1. The van der Waals surface area contributed by atoms with E-state index in [4.69, 9.17) is 9.15 Å². The predicted molar refractivity (Wildman–Crippen MR) is 72.9 cm³/mol. The number of aliphatic hydroxyl groups excluding tert-OH is 1. The van der Waals surface area contributed by atoms with Gasteiger partial charge in [0.25, 0.3) is 0 Å². The van der Waals surface area contributed by atoms with Gasteiger partial charge in [-0.3, -0.25) is 0 Å². The van der Waals surface area contributed by atoms with Crippen molar-refractivity contribution in [2.24, 2.45) is 0 Å². The molecule has 0 spiro atoms. The van der Waals surface area contributed by atoms with E-state index in [-0.39, 0.29) is 6.10 Å². The third-order valence-electron chi connectivity index (χ3n) is 2.80. The van der Waals surface area contributed by atoms with Gasteiger partial charge in [0.2, 0.25) is 0 Å². The standard InChI is InChI=1S/C13H11BrO3S/c14-8-5-6-16-13(8)12(15)10-7-18-11-4-2-1-3-9(11)17-10/h1-6,10,12,15H,7H2. The van der Waals surface area contributed by atoms with Gasteiger partial charge >= 0.3 is 0 Å². The molecule has 18 heavy (non-hydrogen) atoms. The first-order valence-corrected chi connectivity index (χ1v) is 7.33. The maximum Gasteiger partial charge on any atom is 0.150 e. The highest BCUT2D eigenvalue weighted by atomic mass is 79.9. The summed E-state index contributed by atoms with van der Waals surface area (Å²) in [6.07, 6.45) is 0.481. The molecular weight excluding hydrogens is 316 g/mol. The van der Waals surface area contributed by atoms with Gasteiger partial charge in [0.05, 0.1) is 10.7 Å². The number of hydrogen-bond donors (Lipinski definition) is 1. The van der Waals surface area contributed by atoms with E-state index < -0.39 is 6.10 Å². The molecule has 3 rings (SSSR count). The van der Waals surface area contributed by atoms with Crippen LogP contribution < -0.4 is 4.74 Å². The summed E-state index contributed by atoms with van der Waals surface area (Å²) in [5, 5.41) is 10.3. The highest BCUT2D eigenvalue weighted by Gasteiger charge is 2.30. The summed E-state index contributed by atoms with van der Waals surface area (Å²) in [7, 11) is 0. The predicted octanol–water partition coefficient (Wildman–Crippen LogP) is 3.63. The first-order chi connectivity index (χ1) is 8.75. The van der Waals surface area contributed by atoms with Gasteiger partial charge in [0.1, 0.15) is 17.6 Å². The number of para-hydroxylation sites is 1. The number of rotatable bonds is 2. The Morgan fingerprint density at radius 2 is 2.17 bits per heavy atom. The van der Waals surface area contributed by atoms with Crippen molar-refractivity contribution in [3.63, 3.8) is 0 Å². The fourth-order valence-electron chi connectivity index (χ4n) is 1.88. The molecule has 94 valence electrons. The summed E-state index contributed by atoms with van der Waals surface area (Å²) >= 11 is 5.04. The van der Waals surface area contributed by atoms with Crippen molar-refractivity contribution in [3.05, 3.63) is 46.8 Å². The van der Waals surface area contributed by atoms with E-state index in [9.17, 15) is 5.11 Å². The van der Waals surface area contributed by atoms with Gasteiger partial charge in [-0.1, -0.05) is 12.1 Å². The van der Waals surface area contributed by atoms with Crippen LogP contribution in [0.25, 0.3) is 0 Å². The quantitative estimate of drug-likeness (QED) is 0.915. The fraction of sp³-hybridized carbons (Fsp3) is 0.231. The maximum atomic E-state index is 10.3. The number of thioether (sulfide) groups is 1. The molecule has 1 aliphatic rings. The molecule has 2 aromatic rings. The molecule has 3 nitrogen and oxygen atoms in total. The molecule has 5 heteroatoms. The Morgan fingerprint density at radius 1 is 1.33 bits per heavy atom. The third kappa shape index (κ3) is 2.18. The molecule has 0 fully saturated rings. The van der Waals surface area contributed by atoms with Crippen LogP contribution in [0.3, 0.4) is 0 Å². The normalized spacial score (nSPS) is 20.0. The van der Waals surface area contributed by atoms with Crippen molar-refractivity contribution in [3.8, 4) is 5.75 Å². The molecule has 1 aromatic carbocycles. The average Bonchev–Trinajstić information content (AvgIpc) is 2.83. The second-order valence-corrected chi connectivity index (χ2v) is 5.91. The summed E-state index contributed by atoms with van der Waals surface area (Å²) < 4.78 is 11.9. The van der Waals surface area contributed by atoms with Crippen LogP contribution in [0.1, 0.15) is 11.9 Å². The monoisotopic (exact) mass is 326 g/mol. The van der Waals surface area contributed by atoms with Crippen molar-refractivity contribution in [1.29, 1.82) is 0 Å². The van der Waals surface area contributed by atoms with E-state index >= 15 is 0 Å². The molecule has 0 radical (unpaired) electrons.